The van der Waals surface area contributed by atoms with E-state index >= 15 is 0 Å². The van der Waals surface area contributed by atoms with Gasteiger partial charge in [-0.2, -0.15) is 18.4 Å². The Bertz CT molecular complexity index is 1090. The third kappa shape index (κ3) is 3.91. The Kier molecular flexibility index (Phi) is 5.23. The van der Waals surface area contributed by atoms with Crippen LogP contribution in [0.5, 0.6) is 5.75 Å². The highest BCUT2D eigenvalue weighted by Gasteiger charge is 2.30. The van der Waals surface area contributed by atoms with Gasteiger partial charge in [-0.1, -0.05) is 12.1 Å². The van der Waals surface area contributed by atoms with Crippen LogP contribution in [0.25, 0.3) is 11.3 Å². The van der Waals surface area contributed by atoms with Crippen molar-refractivity contribution in [2.24, 2.45) is 0 Å². The van der Waals surface area contributed by atoms with Gasteiger partial charge in [0.05, 0.1) is 24.9 Å². The minimum absolute atomic E-state index is 0.0794. The predicted molar refractivity (Wildman–Crippen MR) is 98.0 cm³/mol. The molecule has 0 aliphatic carbocycles. The van der Waals surface area contributed by atoms with Crippen LogP contribution in [0.3, 0.4) is 0 Å². The number of methoxy groups -OCH3 is 1. The molecule has 1 heterocycles. The minimum atomic E-state index is -4.48. The number of pyridine rings is 1. The first kappa shape index (κ1) is 19.2. The lowest BCUT2D eigenvalue weighted by Gasteiger charge is -2.15. The van der Waals surface area contributed by atoms with Crippen molar-refractivity contribution in [2.45, 2.75) is 12.7 Å². The number of nitriles is 1. The van der Waals surface area contributed by atoms with Gasteiger partial charge in [-0.25, -0.2) is 0 Å². The largest absolute Gasteiger partial charge is 0.497 e. The molecule has 1 aromatic heterocycles. The molecule has 0 amide bonds. The lowest BCUT2D eigenvalue weighted by Crippen LogP contribution is -2.24. The number of hydrogen-bond donors (Lipinski definition) is 0. The van der Waals surface area contributed by atoms with E-state index in [1.807, 2.05) is 6.07 Å². The van der Waals surface area contributed by atoms with Crippen LogP contribution in [-0.2, 0) is 12.7 Å². The van der Waals surface area contributed by atoms with Gasteiger partial charge in [-0.05, 0) is 59.7 Å². The molecule has 0 saturated carbocycles. The summed E-state index contributed by atoms with van der Waals surface area (Å²) in [7, 11) is 1.53. The summed E-state index contributed by atoms with van der Waals surface area (Å²) in [6, 6.07) is 16.5. The second kappa shape index (κ2) is 7.61. The Morgan fingerprint density at radius 1 is 1.07 bits per heavy atom. The summed E-state index contributed by atoms with van der Waals surface area (Å²) in [6.45, 7) is -0.0976. The van der Waals surface area contributed by atoms with Crippen molar-refractivity contribution in [1.29, 1.82) is 5.26 Å². The van der Waals surface area contributed by atoms with Crippen LogP contribution in [0.1, 0.15) is 16.7 Å². The van der Waals surface area contributed by atoms with Gasteiger partial charge in [-0.3, -0.25) is 4.79 Å². The van der Waals surface area contributed by atoms with E-state index in [4.69, 9.17) is 10.00 Å². The van der Waals surface area contributed by atoms with Gasteiger partial charge in [0.25, 0.3) is 5.56 Å². The maximum absolute atomic E-state index is 13.0. The summed E-state index contributed by atoms with van der Waals surface area (Å²) in [4.78, 5) is 12.7. The van der Waals surface area contributed by atoms with E-state index in [1.54, 1.807) is 30.3 Å². The van der Waals surface area contributed by atoms with E-state index in [1.165, 1.54) is 29.9 Å². The highest BCUT2D eigenvalue weighted by molar-refractivity contribution is 5.61. The van der Waals surface area contributed by atoms with Crippen LogP contribution >= 0.6 is 0 Å². The molecule has 0 radical (unpaired) electrons. The minimum Gasteiger partial charge on any atom is -0.497 e. The molecule has 0 saturated heterocycles. The molecule has 0 N–H and O–H groups in total. The van der Waals surface area contributed by atoms with Crippen molar-refractivity contribution in [2.75, 3.05) is 7.11 Å². The zero-order chi connectivity index (χ0) is 20.3. The fourth-order valence-electron chi connectivity index (χ4n) is 2.86. The van der Waals surface area contributed by atoms with Crippen LogP contribution in [0, 0.1) is 11.3 Å². The molecule has 7 heteroatoms. The monoisotopic (exact) mass is 384 g/mol. The third-order valence-corrected chi connectivity index (χ3v) is 4.28. The average molecular weight is 384 g/mol. The average Bonchev–Trinajstić information content (AvgIpc) is 2.69. The van der Waals surface area contributed by atoms with Gasteiger partial charge in [0.15, 0.2) is 0 Å². The molecule has 0 unspecified atom stereocenters. The molecule has 2 aromatic carbocycles. The van der Waals surface area contributed by atoms with Crippen molar-refractivity contribution in [1.82, 2.24) is 4.57 Å². The molecule has 28 heavy (non-hydrogen) atoms. The first-order valence-electron chi connectivity index (χ1n) is 8.28. The lowest BCUT2D eigenvalue weighted by atomic mass is 10.1. The molecule has 0 aliphatic rings. The summed E-state index contributed by atoms with van der Waals surface area (Å²) < 4.78 is 45.4. The molecule has 0 aliphatic heterocycles. The summed E-state index contributed by atoms with van der Waals surface area (Å²) in [6.07, 6.45) is -4.48. The number of halogens is 3. The topological polar surface area (TPSA) is 55.0 Å². The highest BCUT2D eigenvalue weighted by Crippen LogP contribution is 2.30. The smallest absolute Gasteiger partial charge is 0.416 e. The zero-order valence-corrected chi connectivity index (χ0v) is 14.8. The summed E-state index contributed by atoms with van der Waals surface area (Å²) >= 11 is 0. The van der Waals surface area contributed by atoms with Gasteiger partial charge in [0.1, 0.15) is 17.4 Å². The maximum atomic E-state index is 13.0. The fraction of sp³-hybridized carbons (Fsp3) is 0.143. The number of aromatic nitrogens is 1. The second-order valence-corrected chi connectivity index (χ2v) is 6.06. The van der Waals surface area contributed by atoms with Crippen molar-refractivity contribution in [3.8, 4) is 23.1 Å². The summed E-state index contributed by atoms with van der Waals surface area (Å²) in [5, 5.41) is 9.16. The van der Waals surface area contributed by atoms with Crippen molar-refractivity contribution < 1.29 is 17.9 Å². The summed E-state index contributed by atoms with van der Waals surface area (Å²) in [5.74, 6) is 0.629. The van der Waals surface area contributed by atoms with Gasteiger partial charge < -0.3 is 9.30 Å². The Labute approximate surface area is 159 Å². The van der Waals surface area contributed by atoms with Crippen LogP contribution in [0.2, 0.25) is 0 Å². The number of nitrogens with zero attached hydrogens (tertiary/aromatic N) is 2. The summed E-state index contributed by atoms with van der Waals surface area (Å²) in [5.41, 5.74) is 0.0400. The van der Waals surface area contributed by atoms with E-state index in [9.17, 15) is 18.0 Å². The molecule has 0 fully saturated rings. The molecule has 0 atom stereocenters. The molecule has 0 spiro atoms. The van der Waals surface area contributed by atoms with Gasteiger partial charge in [0, 0.05) is 0 Å². The maximum Gasteiger partial charge on any atom is 0.416 e. The number of benzene rings is 2. The SMILES string of the molecule is COc1ccc(-c2ccc(C#N)c(=O)n2Cc2cccc(C(F)(F)F)c2)cc1. The van der Waals surface area contributed by atoms with Crippen molar-refractivity contribution in [3.63, 3.8) is 0 Å². The highest BCUT2D eigenvalue weighted by atomic mass is 19.4. The second-order valence-electron chi connectivity index (χ2n) is 6.06. The molecule has 4 nitrogen and oxygen atoms in total. The quantitative estimate of drug-likeness (QED) is 0.667. The van der Waals surface area contributed by atoms with Gasteiger partial charge in [-0.15, -0.1) is 0 Å². The van der Waals surface area contributed by atoms with Crippen molar-refractivity contribution in [3.05, 3.63) is 87.7 Å². The first-order chi connectivity index (χ1) is 13.3. The molecular weight excluding hydrogens is 369 g/mol. The van der Waals surface area contributed by atoms with E-state index in [0.717, 1.165) is 12.1 Å². The van der Waals surface area contributed by atoms with Gasteiger partial charge in [0.2, 0.25) is 0 Å². The Balaban J connectivity index is 2.11. The first-order valence-corrected chi connectivity index (χ1v) is 8.28. The van der Waals surface area contributed by atoms with Crippen LogP contribution in [0.15, 0.2) is 65.5 Å². The molecule has 3 rings (SSSR count). The van der Waals surface area contributed by atoms with Crippen LogP contribution < -0.4 is 10.3 Å². The molecular formula is C21H15F3N2O2. The standard InChI is InChI=1S/C21H15F3N2O2/c1-28-18-8-5-15(6-9-18)19-10-7-16(12-25)20(27)26(19)13-14-3-2-4-17(11-14)21(22,23)24/h2-11H,13H2,1H3. The number of rotatable bonds is 4. The predicted octanol–water partition coefficient (Wildman–Crippen LogP) is 4.46. The number of hydrogen-bond acceptors (Lipinski definition) is 3. The normalized spacial score (nSPS) is 11.1. The van der Waals surface area contributed by atoms with E-state index in [2.05, 4.69) is 0 Å². The third-order valence-electron chi connectivity index (χ3n) is 4.28. The van der Waals surface area contributed by atoms with Crippen LogP contribution in [0.4, 0.5) is 13.2 Å². The Hall–Kier alpha value is -3.53. The van der Waals surface area contributed by atoms with E-state index < -0.39 is 17.3 Å². The Morgan fingerprint density at radius 2 is 1.79 bits per heavy atom. The van der Waals surface area contributed by atoms with Crippen molar-refractivity contribution >= 4 is 0 Å². The molecule has 0 bridgehead atoms. The van der Waals surface area contributed by atoms with Crippen LogP contribution in [-0.4, -0.2) is 11.7 Å². The number of alkyl halides is 3. The Morgan fingerprint density at radius 3 is 2.39 bits per heavy atom. The number of ether oxygens (including phenoxy) is 1. The fourth-order valence-corrected chi connectivity index (χ4v) is 2.86. The van der Waals surface area contributed by atoms with Gasteiger partial charge >= 0.3 is 6.18 Å². The molecule has 142 valence electrons. The van der Waals surface area contributed by atoms with E-state index in [-0.39, 0.29) is 12.1 Å². The molecule has 3 aromatic rings. The lowest BCUT2D eigenvalue weighted by molar-refractivity contribution is -0.137. The zero-order valence-electron chi connectivity index (χ0n) is 14.8. The van der Waals surface area contributed by atoms with E-state index in [0.29, 0.717) is 22.6 Å².